The van der Waals surface area contributed by atoms with Gasteiger partial charge in [-0.05, 0) is 178 Å². The highest BCUT2D eigenvalue weighted by Gasteiger charge is 2.15. The Bertz CT molecular complexity index is 3050. The van der Waals surface area contributed by atoms with Crippen LogP contribution in [0.5, 0.6) is 0 Å². The van der Waals surface area contributed by atoms with Gasteiger partial charge in [-0.2, -0.15) is 0 Å². The van der Waals surface area contributed by atoms with Crippen LogP contribution >= 0.6 is 79.6 Å². The molecule has 0 saturated carbocycles. The second-order valence-electron chi connectivity index (χ2n) is 15.9. The van der Waals surface area contributed by atoms with Crippen LogP contribution in [0.1, 0.15) is 14.9 Å². The largest absolute Gasteiger partial charge is 0.488 e. The highest BCUT2D eigenvalue weighted by Crippen LogP contribution is 2.38. The van der Waals surface area contributed by atoms with E-state index in [1.165, 1.54) is 22.3 Å². The molecule has 0 aliphatic heterocycles. The number of hydrogen-bond donors (Lipinski definition) is 2. The van der Waals surface area contributed by atoms with E-state index in [0.29, 0.717) is 5.46 Å². The van der Waals surface area contributed by atoms with E-state index in [1.54, 1.807) is 12.1 Å². The maximum Gasteiger partial charge on any atom is 0.488 e. The van der Waals surface area contributed by atoms with Gasteiger partial charge < -0.3 is 19.8 Å². The molecular weight excluding hydrogens is 1230 g/mol. The molecule has 10 aromatic carbocycles. The lowest BCUT2D eigenvalue weighted by atomic mass is 9.79. The van der Waals surface area contributed by atoms with Crippen molar-refractivity contribution >= 4 is 126 Å². The van der Waals surface area contributed by atoms with Gasteiger partial charge in [-0.25, -0.2) is 0 Å². The van der Waals surface area contributed by atoms with Crippen LogP contribution in [0.15, 0.2) is 277 Å². The van der Waals surface area contributed by atoms with Crippen molar-refractivity contribution in [3.63, 3.8) is 0 Å². The molecule has 0 amide bonds. The molecule has 10 aromatic rings. The summed E-state index contributed by atoms with van der Waals surface area (Å²) in [5.74, 6) is 0. The summed E-state index contributed by atoms with van der Waals surface area (Å²) in [4.78, 5) is 4.49. The van der Waals surface area contributed by atoms with Gasteiger partial charge in [-0.1, -0.05) is 210 Å². The zero-order valence-corrected chi connectivity index (χ0v) is 45.8. The summed E-state index contributed by atoms with van der Waals surface area (Å²) in [7, 11) is -1.41. The fourth-order valence-electron chi connectivity index (χ4n) is 7.67. The molecule has 0 atom stereocenters. The molecule has 368 valence electrons. The van der Waals surface area contributed by atoms with Gasteiger partial charge in [0.05, 0.1) is 0 Å². The minimum absolute atomic E-state index is 0. The van der Waals surface area contributed by atoms with Gasteiger partial charge in [-0.15, -0.1) is 0 Å². The normalized spacial score (nSPS) is 10.1. The molecule has 0 radical (unpaired) electrons. The Balaban J connectivity index is 0.000000215. The molecule has 10 rings (SSSR count). The monoisotopic (exact) mass is 1280 g/mol. The zero-order valence-electron chi connectivity index (χ0n) is 37.9. The first-order valence-corrected chi connectivity index (χ1v) is 26.2. The van der Waals surface area contributed by atoms with E-state index in [4.69, 9.17) is 10.0 Å². The Morgan fingerprint density at radius 2 is 0.493 bits per heavy atom. The van der Waals surface area contributed by atoms with Crippen LogP contribution in [0.4, 0.5) is 38.8 Å². The Morgan fingerprint density at radius 1 is 0.260 bits per heavy atom. The topological polar surface area (TPSA) is 46.9 Å². The van der Waals surface area contributed by atoms with E-state index >= 15 is 0 Å². The first-order chi connectivity index (χ1) is 34.1. The molecule has 73 heavy (non-hydrogen) atoms. The number of anilines is 6. The third-order valence-electron chi connectivity index (χ3n) is 11.1. The Kier molecular flexibility index (Phi) is 22.7. The summed E-state index contributed by atoms with van der Waals surface area (Å²) in [6, 6.07) is 86.8. The zero-order chi connectivity index (χ0) is 48.8. The predicted molar refractivity (Wildman–Crippen MR) is 329 cm³/mol. The van der Waals surface area contributed by atoms with Crippen molar-refractivity contribution in [2.24, 2.45) is 0 Å². The van der Waals surface area contributed by atoms with Gasteiger partial charge in [-0.3, -0.25) is 4.70 Å². The van der Waals surface area contributed by atoms with E-state index in [9.17, 15) is 0 Å². The van der Waals surface area contributed by atoms with Crippen LogP contribution in [-0.2, 0) is 0 Å². The maximum absolute atomic E-state index is 9.05. The first-order valence-electron chi connectivity index (χ1n) is 22.2. The van der Waals surface area contributed by atoms with Gasteiger partial charge in [0.1, 0.15) is 0 Å². The van der Waals surface area contributed by atoms with E-state index in [0.717, 1.165) is 67.6 Å². The van der Waals surface area contributed by atoms with Gasteiger partial charge in [0, 0.05) is 56.5 Å². The van der Waals surface area contributed by atoms with Crippen LogP contribution < -0.4 is 15.3 Å². The number of hydrogen-bond acceptors (Lipinski definition) is 4. The van der Waals surface area contributed by atoms with Crippen molar-refractivity contribution in [2.45, 2.75) is 14.9 Å². The molecule has 0 bridgehead atoms. The van der Waals surface area contributed by atoms with Crippen molar-refractivity contribution in [1.29, 1.82) is 0 Å². The maximum atomic E-state index is 9.05. The predicted octanol–water partition coefficient (Wildman–Crippen LogP) is 19.9. The molecule has 11 heteroatoms. The Hall–Kier alpha value is -5.89. The summed E-state index contributed by atoms with van der Waals surface area (Å²) in [6.07, 6.45) is 0. The number of nitrogens with zero attached hydrogens (tertiary/aromatic N) is 2. The molecule has 0 aliphatic carbocycles. The van der Waals surface area contributed by atoms with Gasteiger partial charge in [0.2, 0.25) is 0 Å². The van der Waals surface area contributed by atoms with Crippen molar-refractivity contribution < 1.29 is 14.8 Å². The molecule has 4 nitrogen and oxygen atoms in total. The van der Waals surface area contributed by atoms with Crippen LogP contribution in [0.25, 0.3) is 33.4 Å². The molecule has 0 spiro atoms. The average Bonchev–Trinajstić information content (AvgIpc) is 3.40. The Labute approximate surface area is 472 Å². The molecule has 0 aromatic heterocycles. The minimum Gasteiger partial charge on any atom is -0.423 e. The third-order valence-corrected chi connectivity index (χ3v) is 13.8. The second kappa shape index (κ2) is 28.5. The second-order valence-corrected chi connectivity index (χ2v) is 20.5. The molecule has 0 unspecified atom stereocenters. The standard InChI is InChI=1S/C30H21Br2N.C18H12Br3N.C12H11BO2.2CH4.FH/c31-26-11-17-29(18-12-26)33(30-19-13-27(32)14-20-30)28-15-9-23(10-16-28)25-8-4-7-24(21-25)22-5-2-1-3-6-22;19-13-1-7-16(8-2-13)22(17-9-3-14(20)4-10-17)18-11-5-15(21)6-12-18;14-13(15)12-8-4-7-11(9-12)10-5-2-1-3-6-10;;;/h1-21H;1-12H;1-9,14-15H;2*1H4;1H. The Morgan fingerprint density at radius 3 is 0.781 bits per heavy atom. The van der Waals surface area contributed by atoms with Crippen LogP contribution in [0.3, 0.4) is 0 Å². The SMILES string of the molecule is Brc1ccc(N(c2ccc(Br)cc2)c2ccc(-c3cccc(-c4ccccc4)c3)cc2)cc1.Brc1ccc(N(c2ccc(Br)cc2)c2ccc(Br)cc2)cc1.C.C.F.OB(O)c1cccc(-c2ccccc2)c1. The van der Waals surface area contributed by atoms with Crippen molar-refractivity contribution in [2.75, 3.05) is 9.80 Å². The van der Waals surface area contributed by atoms with Crippen LogP contribution in [-0.4, -0.2) is 17.2 Å². The fourth-order valence-corrected chi connectivity index (χ4v) is 8.99. The van der Waals surface area contributed by atoms with Crippen molar-refractivity contribution in [3.05, 3.63) is 277 Å². The minimum atomic E-state index is -1.41. The van der Waals surface area contributed by atoms with E-state index in [1.807, 2.05) is 42.5 Å². The van der Waals surface area contributed by atoms with Crippen molar-refractivity contribution in [3.8, 4) is 33.4 Å². The third kappa shape index (κ3) is 16.1. The fraction of sp³-hybridized carbons (Fsp3) is 0.0323. The quantitative estimate of drug-likeness (QED) is 0.134. The van der Waals surface area contributed by atoms with Gasteiger partial charge in [0.25, 0.3) is 0 Å². The number of halogens is 6. The van der Waals surface area contributed by atoms with Gasteiger partial charge >= 0.3 is 7.12 Å². The smallest absolute Gasteiger partial charge is 0.423 e. The molecule has 2 N–H and O–H groups in total. The molecule has 0 aliphatic rings. The van der Waals surface area contributed by atoms with Crippen LogP contribution in [0, 0.1) is 0 Å². The highest BCUT2D eigenvalue weighted by atomic mass is 79.9. The average molecular weight is 1290 g/mol. The number of rotatable bonds is 10. The van der Waals surface area contributed by atoms with Gasteiger partial charge in [0.15, 0.2) is 0 Å². The summed E-state index contributed by atoms with van der Waals surface area (Å²) in [5.41, 5.74) is 14.1. The lowest BCUT2D eigenvalue weighted by Crippen LogP contribution is -2.29. The lowest BCUT2D eigenvalue weighted by molar-refractivity contribution is 0.426. The lowest BCUT2D eigenvalue weighted by Gasteiger charge is -2.26. The molecule has 0 heterocycles. The first kappa shape index (κ1) is 58.0. The van der Waals surface area contributed by atoms with E-state index in [2.05, 4.69) is 290 Å². The summed E-state index contributed by atoms with van der Waals surface area (Å²) >= 11 is 17.6. The van der Waals surface area contributed by atoms with Crippen LogP contribution in [0.2, 0.25) is 0 Å². The van der Waals surface area contributed by atoms with E-state index in [-0.39, 0.29) is 19.6 Å². The molecule has 0 saturated heterocycles. The number of benzene rings is 10. The highest BCUT2D eigenvalue weighted by molar-refractivity contribution is 9.11. The summed E-state index contributed by atoms with van der Waals surface area (Å²) < 4.78 is 5.35. The summed E-state index contributed by atoms with van der Waals surface area (Å²) in [5, 5.41) is 18.1. The molecule has 0 fully saturated rings. The van der Waals surface area contributed by atoms with E-state index < -0.39 is 7.12 Å². The summed E-state index contributed by atoms with van der Waals surface area (Å²) in [6.45, 7) is 0. The molecular formula is C62H53BBr5FN2O2. The van der Waals surface area contributed by atoms with Crippen molar-refractivity contribution in [1.82, 2.24) is 0 Å².